The van der Waals surface area contributed by atoms with E-state index in [0.717, 1.165) is 15.6 Å². The van der Waals surface area contributed by atoms with Crippen LogP contribution >= 0.6 is 11.3 Å². The fourth-order valence-corrected chi connectivity index (χ4v) is 4.71. The first-order valence-corrected chi connectivity index (χ1v) is 8.00. The second kappa shape index (κ2) is 5.43. The van der Waals surface area contributed by atoms with E-state index in [1.807, 2.05) is 0 Å². The predicted octanol–water partition coefficient (Wildman–Crippen LogP) is 0.705. The van der Waals surface area contributed by atoms with Crippen molar-refractivity contribution >= 4 is 43.3 Å². The minimum Gasteiger partial charge on any atom is -0.477 e. The minimum absolute atomic E-state index is 0.285. The molecule has 0 aliphatic heterocycles. The Hall–Kier alpha value is -1.97. The molecule has 0 unspecified atom stereocenters. The molecule has 112 valence electrons. The lowest BCUT2D eigenvalue weighted by Gasteiger charge is -2.15. The number of rotatable bonds is 5. The molecule has 0 aliphatic carbocycles. The van der Waals surface area contributed by atoms with Crippen LogP contribution in [-0.2, 0) is 14.8 Å². The second-order valence-corrected chi connectivity index (χ2v) is 7.32. The van der Waals surface area contributed by atoms with Gasteiger partial charge in [0.2, 0.25) is 15.9 Å². The van der Waals surface area contributed by atoms with E-state index in [4.69, 9.17) is 5.73 Å². The summed E-state index contributed by atoms with van der Waals surface area (Å²) in [7, 11) is -2.95. The van der Waals surface area contributed by atoms with Crippen LogP contribution in [0.15, 0.2) is 29.2 Å². The zero-order valence-corrected chi connectivity index (χ0v) is 12.6. The summed E-state index contributed by atoms with van der Waals surface area (Å²) in [6.07, 6.45) is 0. The number of nitrogens with two attached hydrogens (primary N) is 1. The number of sulfonamides is 1. The number of carboxylic acids is 1. The summed E-state index contributed by atoms with van der Waals surface area (Å²) in [5.74, 6) is -2.15. The fraction of sp³-hybridized carbons (Fsp3) is 0.167. The van der Waals surface area contributed by atoms with Crippen molar-refractivity contribution in [3.05, 3.63) is 29.1 Å². The Bertz CT molecular complexity index is 825. The van der Waals surface area contributed by atoms with E-state index in [9.17, 15) is 23.1 Å². The quantitative estimate of drug-likeness (QED) is 0.838. The summed E-state index contributed by atoms with van der Waals surface area (Å²) in [6.45, 7) is -0.522. The van der Waals surface area contributed by atoms with Crippen molar-refractivity contribution in [1.29, 1.82) is 0 Å². The van der Waals surface area contributed by atoms with Crippen molar-refractivity contribution in [1.82, 2.24) is 4.31 Å². The highest BCUT2D eigenvalue weighted by Gasteiger charge is 2.31. The molecule has 0 radical (unpaired) electrons. The van der Waals surface area contributed by atoms with Crippen LogP contribution in [0.1, 0.15) is 9.67 Å². The van der Waals surface area contributed by atoms with Gasteiger partial charge >= 0.3 is 5.97 Å². The first-order chi connectivity index (χ1) is 9.75. The van der Waals surface area contributed by atoms with Crippen LogP contribution in [0.25, 0.3) is 10.1 Å². The van der Waals surface area contributed by atoms with Gasteiger partial charge in [0.25, 0.3) is 0 Å². The first kappa shape index (κ1) is 15.4. The molecule has 1 amide bonds. The van der Waals surface area contributed by atoms with Crippen molar-refractivity contribution in [2.75, 3.05) is 13.6 Å². The first-order valence-electron chi connectivity index (χ1n) is 5.74. The molecule has 0 aliphatic rings. The maximum absolute atomic E-state index is 12.5. The number of benzene rings is 1. The van der Waals surface area contributed by atoms with Gasteiger partial charge in [-0.25, -0.2) is 13.2 Å². The molecular weight excluding hydrogens is 316 g/mol. The van der Waals surface area contributed by atoms with Gasteiger partial charge in [-0.2, -0.15) is 4.31 Å². The normalized spacial score (nSPS) is 11.9. The van der Waals surface area contributed by atoms with Gasteiger partial charge in [-0.1, -0.05) is 18.2 Å². The Labute approximate surface area is 124 Å². The van der Waals surface area contributed by atoms with Crippen molar-refractivity contribution in [3.8, 4) is 0 Å². The van der Waals surface area contributed by atoms with Gasteiger partial charge in [0.15, 0.2) is 0 Å². The van der Waals surface area contributed by atoms with Crippen LogP contribution in [0.4, 0.5) is 0 Å². The highest BCUT2D eigenvalue weighted by atomic mass is 32.2. The molecule has 1 aromatic heterocycles. The van der Waals surface area contributed by atoms with Gasteiger partial charge in [0, 0.05) is 17.1 Å². The Morgan fingerprint density at radius 1 is 1.33 bits per heavy atom. The van der Waals surface area contributed by atoms with Crippen LogP contribution in [0, 0.1) is 0 Å². The smallest absolute Gasteiger partial charge is 0.347 e. The van der Waals surface area contributed by atoms with Gasteiger partial charge in [-0.05, 0) is 6.07 Å². The number of primary amides is 1. The average molecular weight is 328 g/mol. The molecule has 0 fully saturated rings. The highest BCUT2D eigenvalue weighted by molar-refractivity contribution is 7.89. The standard InChI is InChI=1S/C12H12N2O5S2/c1-14(6-9(13)15)21(18,19)11-7-4-2-3-5-8(7)20-10(11)12(16)17/h2-5H,6H2,1H3,(H2,13,15)(H,16,17). The fourth-order valence-electron chi connectivity index (χ4n) is 1.88. The summed E-state index contributed by atoms with van der Waals surface area (Å²) < 4.78 is 26.3. The SMILES string of the molecule is CN(CC(N)=O)S(=O)(=O)c1c(C(=O)O)sc2ccccc12. The Kier molecular flexibility index (Phi) is 3.99. The molecule has 9 heteroatoms. The highest BCUT2D eigenvalue weighted by Crippen LogP contribution is 2.35. The topological polar surface area (TPSA) is 118 Å². The lowest BCUT2D eigenvalue weighted by molar-refractivity contribution is -0.118. The molecule has 21 heavy (non-hydrogen) atoms. The molecule has 2 aromatic rings. The molecule has 0 atom stereocenters. The molecular formula is C12H12N2O5S2. The molecule has 2 rings (SSSR count). The molecule has 1 aromatic carbocycles. The number of amides is 1. The van der Waals surface area contributed by atoms with E-state index in [2.05, 4.69) is 0 Å². The molecule has 0 saturated heterocycles. The zero-order chi connectivity index (χ0) is 15.8. The lowest BCUT2D eigenvalue weighted by Crippen LogP contribution is -2.35. The number of likely N-dealkylation sites (N-methyl/N-ethyl adjacent to an activating group) is 1. The van der Waals surface area contributed by atoms with E-state index in [1.54, 1.807) is 18.2 Å². The second-order valence-electron chi connectivity index (χ2n) is 4.29. The average Bonchev–Trinajstić information content (AvgIpc) is 2.77. The predicted molar refractivity (Wildman–Crippen MR) is 77.8 cm³/mol. The molecule has 0 saturated carbocycles. The number of aromatic carboxylic acids is 1. The number of hydrogen-bond donors (Lipinski definition) is 2. The van der Waals surface area contributed by atoms with E-state index in [-0.39, 0.29) is 9.77 Å². The Morgan fingerprint density at radius 3 is 2.52 bits per heavy atom. The Balaban J connectivity index is 2.72. The van der Waals surface area contributed by atoms with Gasteiger partial charge < -0.3 is 10.8 Å². The number of carboxylic acid groups (broad SMARTS) is 1. The Morgan fingerprint density at radius 2 is 1.95 bits per heavy atom. The minimum atomic E-state index is -4.13. The summed E-state index contributed by atoms with van der Waals surface area (Å²) >= 11 is 0.874. The van der Waals surface area contributed by atoms with Gasteiger partial charge in [-0.15, -0.1) is 11.3 Å². The molecule has 0 bridgehead atoms. The lowest BCUT2D eigenvalue weighted by atomic mass is 10.2. The monoisotopic (exact) mass is 328 g/mol. The van der Waals surface area contributed by atoms with Crippen molar-refractivity contribution in [3.63, 3.8) is 0 Å². The zero-order valence-electron chi connectivity index (χ0n) is 10.9. The van der Waals surface area contributed by atoms with Crippen molar-refractivity contribution in [2.24, 2.45) is 5.73 Å². The van der Waals surface area contributed by atoms with E-state index < -0.39 is 28.4 Å². The van der Waals surface area contributed by atoms with Crippen LogP contribution in [0.3, 0.4) is 0 Å². The van der Waals surface area contributed by atoms with Gasteiger partial charge in [-0.3, -0.25) is 4.79 Å². The number of thiophene rings is 1. The largest absolute Gasteiger partial charge is 0.477 e. The number of carbonyl (C=O) groups is 2. The number of carbonyl (C=O) groups excluding carboxylic acids is 1. The maximum Gasteiger partial charge on any atom is 0.347 e. The molecule has 3 N–H and O–H groups in total. The summed E-state index contributed by atoms with van der Waals surface area (Å²) in [5.41, 5.74) is 5.00. The van der Waals surface area contributed by atoms with Crippen LogP contribution < -0.4 is 5.73 Å². The van der Waals surface area contributed by atoms with Crippen molar-refractivity contribution in [2.45, 2.75) is 4.90 Å². The molecule has 7 nitrogen and oxygen atoms in total. The summed E-state index contributed by atoms with van der Waals surface area (Å²) in [4.78, 5) is 21.6. The molecule has 0 spiro atoms. The third kappa shape index (κ3) is 2.75. The number of fused-ring (bicyclic) bond motifs is 1. The van der Waals surface area contributed by atoms with Crippen LogP contribution in [0.5, 0.6) is 0 Å². The van der Waals surface area contributed by atoms with Gasteiger partial charge in [0.1, 0.15) is 9.77 Å². The van der Waals surface area contributed by atoms with Crippen LogP contribution in [-0.4, -0.2) is 43.3 Å². The van der Waals surface area contributed by atoms with E-state index in [0.29, 0.717) is 10.1 Å². The third-order valence-corrected chi connectivity index (χ3v) is 5.97. The van der Waals surface area contributed by atoms with Crippen LogP contribution in [0.2, 0.25) is 0 Å². The van der Waals surface area contributed by atoms with E-state index >= 15 is 0 Å². The van der Waals surface area contributed by atoms with Crippen molar-refractivity contribution < 1.29 is 23.1 Å². The maximum atomic E-state index is 12.5. The molecule has 1 heterocycles. The third-order valence-electron chi connectivity index (χ3n) is 2.79. The summed E-state index contributed by atoms with van der Waals surface area (Å²) in [6, 6.07) is 6.48. The summed E-state index contributed by atoms with van der Waals surface area (Å²) in [5, 5.41) is 9.55. The number of nitrogens with zero attached hydrogens (tertiary/aromatic N) is 1. The number of hydrogen-bond acceptors (Lipinski definition) is 5. The van der Waals surface area contributed by atoms with E-state index in [1.165, 1.54) is 13.1 Å². The van der Waals surface area contributed by atoms with Gasteiger partial charge in [0.05, 0.1) is 6.54 Å².